The molecule has 1 saturated heterocycles. The molecule has 35 heavy (non-hydrogen) atoms. The number of aryl methyl sites for hydroxylation is 1. The number of rotatable bonds is 4. The first kappa shape index (κ1) is 23.2. The van der Waals surface area contributed by atoms with Crippen molar-refractivity contribution in [3.05, 3.63) is 42.0 Å². The van der Waals surface area contributed by atoms with E-state index in [1.165, 1.54) is 0 Å². The summed E-state index contributed by atoms with van der Waals surface area (Å²) in [7, 11) is 0. The van der Waals surface area contributed by atoms with Crippen LogP contribution in [0.3, 0.4) is 0 Å². The Bertz CT molecular complexity index is 1090. The van der Waals surface area contributed by atoms with Gasteiger partial charge in [-0.3, -0.25) is 4.79 Å². The monoisotopic (exact) mass is 480 g/mol. The molecule has 0 radical (unpaired) electrons. The number of aliphatic hydroxyl groups is 1. The minimum absolute atomic E-state index is 0.0506. The van der Waals surface area contributed by atoms with Gasteiger partial charge < -0.3 is 15.3 Å². The van der Waals surface area contributed by atoms with E-state index in [2.05, 4.69) is 36.5 Å². The van der Waals surface area contributed by atoms with Crippen molar-refractivity contribution in [1.29, 1.82) is 0 Å². The van der Waals surface area contributed by atoms with Gasteiger partial charge in [0.05, 0.1) is 11.8 Å². The number of carbonyl (C=O) groups is 1. The molecule has 2 heterocycles. The Morgan fingerprint density at radius 3 is 2.66 bits per heavy atom. The van der Waals surface area contributed by atoms with Crippen molar-refractivity contribution in [3.8, 4) is 0 Å². The molecule has 188 valence electrons. The van der Waals surface area contributed by atoms with Crippen LogP contribution in [0.2, 0.25) is 0 Å². The number of hydrogen-bond donors (Lipinski definition) is 2. The Morgan fingerprint density at radius 1 is 1.11 bits per heavy atom. The van der Waals surface area contributed by atoms with Crippen molar-refractivity contribution in [2.45, 2.75) is 83.0 Å². The molecule has 2 N–H and O–H groups in total. The maximum Gasteiger partial charge on any atom is 0.265 e. The lowest BCUT2D eigenvalue weighted by molar-refractivity contribution is -0.496. The number of hydrogen-bond acceptors (Lipinski definition) is 6. The summed E-state index contributed by atoms with van der Waals surface area (Å²) >= 11 is 0. The van der Waals surface area contributed by atoms with Gasteiger partial charge in [-0.1, -0.05) is 42.8 Å². The van der Waals surface area contributed by atoms with Gasteiger partial charge in [0.25, 0.3) is 5.91 Å². The van der Waals surface area contributed by atoms with Crippen LogP contribution in [0.1, 0.15) is 64.4 Å². The molecule has 4 aliphatic carbocycles. The molecule has 7 atom stereocenters. The summed E-state index contributed by atoms with van der Waals surface area (Å²) in [6.45, 7) is 6.50. The molecule has 0 unspecified atom stereocenters. The highest BCUT2D eigenvalue weighted by Crippen LogP contribution is 2.70. The van der Waals surface area contributed by atoms with Gasteiger partial charge in [-0.25, -0.2) is 9.78 Å². The first-order chi connectivity index (χ1) is 16.7. The van der Waals surface area contributed by atoms with Crippen LogP contribution in [0.25, 0.3) is 0 Å². The van der Waals surface area contributed by atoms with E-state index in [-0.39, 0.29) is 35.4 Å². The molecule has 1 amide bonds. The molecular weight excluding hydrogens is 444 g/mol. The van der Waals surface area contributed by atoms with Gasteiger partial charge in [-0.15, -0.1) is 0 Å². The summed E-state index contributed by atoms with van der Waals surface area (Å²) in [5, 5.41) is 17.7. The maximum absolute atomic E-state index is 12.3. The van der Waals surface area contributed by atoms with E-state index in [1.807, 2.05) is 31.2 Å². The van der Waals surface area contributed by atoms with Crippen LogP contribution < -0.4 is 5.32 Å². The zero-order valence-electron chi connectivity index (χ0n) is 20.9. The number of nitrogens with one attached hydrogen (secondary N) is 1. The molecule has 7 nitrogen and oxygen atoms in total. The van der Waals surface area contributed by atoms with E-state index >= 15 is 0 Å². The van der Waals surface area contributed by atoms with Crippen LogP contribution in [0.4, 0.5) is 5.69 Å². The number of amides is 1. The molecule has 6 aliphatic rings. The Hall–Kier alpha value is -2.22. The van der Waals surface area contributed by atoms with E-state index < -0.39 is 11.2 Å². The first-order valence-corrected chi connectivity index (χ1v) is 13.0. The van der Waals surface area contributed by atoms with Crippen LogP contribution in [0, 0.1) is 29.6 Å². The Morgan fingerprint density at radius 2 is 1.91 bits per heavy atom. The second-order valence-corrected chi connectivity index (χ2v) is 11.9. The fraction of sp³-hybridized carbons (Fsp3) is 0.643. The third-order valence-corrected chi connectivity index (χ3v) is 10.1. The number of oxime groups is 1. The molecule has 2 bridgehead atoms. The Balaban J connectivity index is 1.19. The highest BCUT2D eigenvalue weighted by atomic mass is 17.2. The van der Waals surface area contributed by atoms with Gasteiger partial charge in [-0.05, 0) is 63.7 Å². The molecule has 7 heteroatoms. The summed E-state index contributed by atoms with van der Waals surface area (Å²) < 4.78 is 0. The molecule has 4 fully saturated rings. The fourth-order valence-corrected chi connectivity index (χ4v) is 8.05. The summed E-state index contributed by atoms with van der Waals surface area (Å²) in [6.07, 6.45) is 10.3. The van der Waals surface area contributed by atoms with E-state index in [0.29, 0.717) is 12.3 Å². The van der Waals surface area contributed by atoms with Crippen LogP contribution >= 0.6 is 0 Å². The first-order valence-electron chi connectivity index (χ1n) is 13.0. The average Bonchev–Trinajstić information content (AvgIpc) is 3.17. The SMILES string of the molecule is Cc1ccc(NC(=O)CO/N=C2\CC[C@H]3[C@@]45C=C[C@]6(C[C@@H](O)CC[C@]6(C)[C@@H]4CC[C@]23C)OO5)cc1. The molecule has 1 aromatic carbocycles. The van der Waals surface area contributed by atoms with Gasteiger partial charge in [0.15, 0.2) is 6.61 Å². The van der Waals surface area contributed by atoms with Gasteiger partial charge in [-0.2, -0.15) is 0 Å². The van der Waals surface area contributed by atoms with Crippen molar-refractivity contribution >= 4 is 17.3 Å². The molecule has 2 aliphatic heterocycles. The van der Waals surface area contributed by atoms with Crippen molar-refractivity contribution in [1.82, 2.24) is 0 Å². The lowest BCUT2D eigenvalue weighted by Gasteiger charge is -2.69. The van der Waals surface area contributed by atoms with Gasteiger partial charge in [0.1, 0.15) is 11.2 Å². The van der Waals surface area contributed by atoms with Crippen LogP contribution in [-0.2, 0) is 19.4 Å². The predicted molar refractivity (Wildman–Crippen MR) is 131 cm³/mol. The standard InChI is InChI=1S/C28H36N2O5/c1-18-4-6-19(7-5-18)29-24(32)17-33-30-23-9-8-21-25(23,2)12-11-22-26(3)13-10-20(31)16-27(26)14-15-28(21,22)35-34-27/h4-7,14-15,20-22,31H,8-13,16-17H2,1-3H3,(H,29,32)/b30-23+/t20-,21+,22-,25-,26+,27+,28-/m0/s1. The lowest BCUT2D eigenvalue weighted by atomic mass is 9.43. The van der Waals surface area contributed by atoms with Crippen LogP contribution in [0.15, 0.2) is 41.6 Å². The Kier molecular flexibility index (Phi) is 5.23. The molecule has 3 saturated carbocycles. The van der Waals surface area contributed by atoms with Gasteiger partial charge in [0.2, 0.25) is 0 Å². The van der Waals surface area contributed by atoms with E-state index in [1.54, 1.807) is 0 Å². The molecular formula is C28H36N2O5. The third-order valence-electron chi connectivity index (χ3n) is 10.1. The van der Waals surface area contributed by atoms with Crippen molar-refractivity contribution in [2.75, 3.05) is 11.9 Å². The largest absolute Gasteiger partial charge is 0.393 e. The normalized spacial score (nSPS) is 44.5. The van der Waals surface area contributed by atoms with Gasteiger partial charge in [0, 0.05) is 34.8 Å². The van der Waals surface area contributed by atoms with Gasteiger partial charge >= 0.3 is 0 Å². The third kappa shape index (κ3) is 3.27. The summed E-state index contributed by atoms with van der Waals surface area (Å²) in [5.41, 5.74) is 1.68. The topological polar surface area (TPSA) is 89.4 Å². The minimum Gasteiger partial charge on any atom is -0.393 e. The highest BCUT2D eigenvalue weighted by Gasteiger charge is 2.74. The van der Waals surface area contributed by atoms with Crippen molar-refractivity contribution in [2.24, 2.45) is 27.8 Å². The van der Waals surface area contributed by atoms with E-state index in [4.69, 9.17) is 14.6 Å². The van der Waals surface area contributed by atoms with Crippen LogP contribution in [-0.4, -0.2) is 40.6 Å². The number of fused-ring (bicyclic) bond motifs is 2. The second kappa shape index (κ2) is 7.89. The van der Waals surface area contributed by atoms with Crippen molar-refractivity contribution < 1.29 is 24.5 Å². The Labute approximate surface area is 206 Å². The zero-order chi connectivity index (χ0) is 24.5. The number of aliphatic hydroxyl groups excluding tert-OH is 1. The summed E-state index contributed by atoms with van der Waals surface area (Å²) in [6, 6.07) is 7.68. The second-order valence-electron chi connectivity index (χ2n) is 11.9. The zero-order valence-corrected chi connectivity index (χ0v) is 20.9. The number of nitrogens with zero attached hydrogens (tertiary/aromatic N) is 1. The fourth-order valence-electron chi connectivity index (χ4n) is 8.05. The molecule has 0 aromatic heterocycles. The van der Waals surface area contributed by atoms with E-state index in [9.17, 15) is 9.90 Å². The quantitative estimate of drug-likeness (QED) is 0.371. The summed E-state index contributed by atoms with van der Waals surface area (Å²) in [4.78, 5) is 30.4. The summed E-state index contributed by atoms with van der Waals surface area (Å²) in [5.74, 6) is 0.360. The molecule has 2 spiro atoms. The molecule has 1 aromatic rings. The average molecular weight is 481 g/mol. The van der Waals surface area contributed by atoms with Crippen molar-refractivity contribution in [3.63, 3.8) is 0 Å². The smallest absolute Gasteiger partial charge is 0.265 e. The number of benzene rings is 1. The number of anilines is 1. The minimum atomic E-state index is -0.533. The highest BCUT2D eigenvalue weighted by molar-refractivity contribution is 5.93. The van der Waals surface area contributed by atoms with Crippen LogP contribution in [0.5, 0.6) is 0 Å². The predicted octanol–water partition coefficient (Wildman–Crippen LogP) is 4.69. The lowest BCUT2D eigenvalue weighted by Crippen LogP contribution is -2.73. The molecule has 7 rings (SSSR count). The van der Waals surface area contributed by atoms with E-state index in [0.717, 1.165) is 55.5 Å². The maximum atomic E-state index is 12.3. The number of carbonyl (C=O) groups excluding carboxylic acids is 1.